The maximum absolute atomic E-state index is 9.51. The first-order valence-corrected chi connectivity index (χ1v) is 4.86. The molecule has 0 aromatic heterocycles. The van der Waals surface area contributed by atoms with Crippen molar-refractivity contribution in [3.63, 3.8) is 0 Å². The average Bonchev–Trinajstić information content (AvgIpc) is 2.20. The Morgan fingerprint density at radius 3 is 2.64 bits per heavy atom. The molecule has 0 unspecified atom stereocenters. The molecule has 2 atom stereocenters. The third-order valence-corrected chi connectivity index (χ3v) is 2.49. The third-order valence-electron chi connectivity index (χ3n) is 2.19. The van der Waals surface area contributed by atoms with Crippen LogP contribution in [0.25, 0.3) is 0 Å². The quantitative estimate of drug-likeness (QED) is 0.721. The molecule has 14 heavy (non-hydrogen) atoms. The van der Waals surface area contributed by atoms with Crippen LogP contribution in [0, 0.1) is 0 Å². The number of nitrogens with two attached hydrogens (primary N) is 1. The molecular formula is C10H14ClNO2. The Morgan fingerprint density at radius 1 is 1.50 bits per heavy atom. The zero-order valence-electron chi connectivity index (χ0n) is 7.94. The van der Waals surface area contributed by atoms with Crippen molar-refractivity contribution in [1.82, 2.24) is 0 Å². The van der Waals surface area contributed by atoms with E-state index in [0.29, 0.717) is 6.42 Å². The lowest BCUT2D eigenvalue weighted by molar-refractivity contribution is 0.140. The molecule has 0 amide bonds. The lowest BCUT2D eigenvalue weighted by Crippen LogP contribution is -2.25. The van der Waals surface area contributed by atoms with E-state index in [4.69, 9.17) is 17.3 Å². The van der Waals surface area contributed by atoms with Crippen LogP contribution in [0.4, 0.5) is 0 Å². The fraction of sp³-hybridized carbons (Fsp3) is 0.400. The summed E-state index contributed by atoms with van der Waals surface area (Å²) in [4.78, 5) is 0. The van der Waals surface area contributed by atoms with E-state index in [1.54, 1.807) is 12.1 Å². The molecule has 0 aliphatic carbocycles. The van der Waals surface area contributed by atoms with Crippen LogP contribution < -0.4 is 5.73 Å². The maximum atomic E-state index is 9.51. The number of phenolic OH excluding ortho intramolecular Hbond substituents is 1. The summed E-state index contributed by atoms with van der Waals surface area (Å²) in [5.41, 5.74) is 6.50. The zero-order chi connectivity index (χ0) is 10.7. The molecule has 0 aliphatic heterocycles. The highest BCUT2D eigenvalue weighted by Crippen LogP contribution is 2.27. The van der Waals surface area contributed by atoms with Gasteiger partial charge in [-0.05, 0) is 24.1 Å². The minimum Gasteiger partial charge on any atom is -0.506 e. The van der Waals surface area contributed by atoms with Crippen molar-refractivity contribution < 1.29 is 10.2 Å². The van der Waals surface area contributed by atoms with Crippen LogP contribution in [0.5, 0.6) is 5.75 Å². The monoisotopic (exact) mass is 215 g/mol. The van der Waals surface area contributed by atoms with Gasteiger partial charge in [0, 0.05) is 0 Å². The molecule has 4 heteroatoms. The van der Waals surface area contributed by atoms with Gasteiger partial charge in [-0.3, -0.25) is 0 Å². The number of rotatable bonds is 3. The number of benzene rings is 1. The Balaban J connectivity index is 2.91. The van der Waals surface area contributed by atoms with Crippen LogP contribution >= 0.6 is 11.6 Å². The fourth-order valence-electron chi connectivity index (χ4n) is 1.21. The first kappa shape index (κ1) is 11.3. The molecule has 0 saturated heterocycles. The number of aliphatic hydroxyl groups is 1. The van der Waals surface area contributed by atoms with Crippen LogP contribution in [-0.2, 0) is 0 Å². The summed E-state index contributed by atoms with van der Waals surface area (Å²) >= 11 is 5.72. The molecule has 0 bridgehead atoms. The van der Waals surface area contributed by atoms with Crippen molar-refractivity contribution in [2.24, 2.45) is 5.73 Å². The van der Waals surface area contributed by atoms with E-state index in [9.17, 15) is 10.2 Å². The van der Waals surface area contributed by atoms with Crippen molar-refractivity contribution >= 4 is 11.6 Å². The average molecular weight is 216 g/mol. The molecule has 0 radical (unpaired) electrons. The van der Waals surface area contributed by atoms with E-state index in [-0.39, 0.29) is 10.8 Å². The molecule has 0 fully saturated rings. The second-order valence-electron chi connectivity index (χ2n) is 3.21. The van der Waals surface area contributed by atoms with Gasteiger partial charge >= 0.3 is 0 Å². The number of aliphatic hydroxyl groups excluding tert-OH is 1. The molecule has 1 aromatic carbocycles. The lowest BCUT2D eigenvalue weighted by Gasteiger charge is -2.17. The molecule has 3 nitrogen and oxygen atoms in total. The SMILES string of the molecule is CC[C@H](O)[C@H](N)c1ccc(O)c(Cl)c1. The Labute approximate surface area is 88.1 Å². The molecule has 1 rings (SSSR count). The van der Waals surface area contributed by atoms with Crippen LogP contribution in [-0.4, -0.2) is 16.3 Å². The van der Waals surface area contributed by atoms with E-state index < -0.39 is 12.1 Å². The maximum Gasteiger partial charge on any atom is 0.134 e. The largest absolute Gasteiger partial charge is 0.506 e. The molecule has 0 heterocycles. The molecular weight excluding hydrogens is 202 g/mol. The Kier molecular flexibility index (Phi) is 3.75. The highest BCUT2D eigenvalue weighted by Gasteiger charge is 2.15. The van der Waals surface area contributed by atoms with Crippen molar-refractivity contribution in [3.05, 3.63) is 28.8 Å². The summed E-state index contributed by atoms with van der Waals surface area (Å²) in [5.74, 6) is 0.0219. The highest BCUT2D eigenvalue weighted by molar-refractivity contribution is 6.32. The number of phenols is 1. The minimum atomic E-state index is -0.587. The van der Waals surface area contributed by atoms with Crippen molar-refractivity contribution in [2.45, 2.75) is 25.5 Å². The third kappa shape index (κ3) is 2.38. The molecule has 1 aromatic rings. The Hall–Kier alpha value is -0.770. The van der Waals surface area contributed by atoms with Gasteiger partial charge in [-0.2, -0.15) is 0 Å². The van der Waals surface area contributed by atoms with Gasteiger partial charge in [0.2, 0.25) is 0 Å². The predicted molar refractivity (Wildman–Crippen MR) is 56.3 cm³/mol. The van der Waals surface area contributed by atoms with Crippen LogP contribution in [0.3, 0.4) is 0 Å². The van der Waals surface area contributed by atoms with Crippen molar-refractivity contribution in [3.8, 4) is 5.75 Å². The van der Waals surface area contributed by atoms with Gasteiger partial charge in [-0.1, -0.05) is 24.6 Å². The predicted octanol–water partition coefficient (Wildman–Crippen LogP) is 1.82. The zero-order valence-corrected chi connectivity index (χ0v) is 8.70. The number of halogens is 1. The second kappa shape index (κ2) is 4.64. The first-order valence-electron chi connectivity index (χ1n) is 4.48. The Bertz CT molecular complexity index is 317. The van der Waals surface area contributed by atoms with Gasteiger partial charge in [0.1, 0.15) is 5.75 Å². The van der Waals surface area contributed by atoms with Gasteiger partial charge in [0.15, 0.2) is 0 Å². The molecule has 0 spiro atoms. The summed E-state index contributed by atoms with van der Waals surface area (Å²) in [7, 11) is 0. The first-order chi connectivity index (χ1) is 6.56. The van der Waals surface area contributed by atoms with E-state index >= 15 is 0 Å². The number of hydrogen-bond donors (Lipinski definition) is 3. The standard InChI is InChI=1S/C10H14ClNO2/c1-2-8(13)10(12)6-3-4-9(14)7(11)5-6/h3-5,8,10,13-14H,2,12H2,1H3/t8-,10+/m0/s1. The molecule has 4 N–H and O–H groups in total. The van der Waals surface area contributed by atoms with Crippen LogP contribution in [0.15, 0.2) is 18.2 Å². The van der Waals surface area contributed by atoms with Gasteiger partial charge in [0.05, 0.1) is 17.2 Å². The van der Waals surface area contributed by atoms with E-state index in [0.717, 1.165) is 5.56 Å². The summed E-state index contributed by atoms with van der Waals surface area (Å²) in [6, 6.07) is 4.24. The smallest absolute Gasteiger partial charge is 0.134 e. The van der Waals surface area contributed by atoms with Crippen LogP contribution in [0.2, 0.25) is 5.02 Å². The second-order valence-corrected chi connectivity index (χ2v) is 3.62. The van der Waals surface area contributed by atoms with Gasteiger partial charge in [0.25, 0.3) is 0 Å². The Morgan fingerprint density at radius 2 is 2.14 bits per heavy atom. The topological polar surface area (TPSA) is 66.5 Å². The van der Waals surface area contributed by atoms with Crippen LogP contribution in [0.1, 0.15) is 24.9 Å². The van der Waals surface area contributed by atoms with E-state index in [1.807, 2.05) is 6.92 Å². The number of hydrogen-bond acceptors (Lipinski definition) is 3. The van der Waals surface area contributed by atoms with Gasteiger partial charge < -0.3 is 15.9 Å². The normalized spacial score (nSPS) is 15.1. The van der Waals surface area contributed by atoms with E-state index in [1.165, 1.54) is 6.07 Å². The lowest BCUT2D eigenvalue weighted by atomic mass is 10.0. The van der Waals surface area contributed by atoms with Gasteiger partial charge in [-0.25, -0.2) is 0 Å². The van der Waals surface area contributed by atoms with Gasteiger partial charge in [-0.15, -0.1) is 0 Å². The van der Waals surface area contributed by atoms with E-state index in [2.05, 4.69) is 0 Å². The molecule has 0 saturated carbocycles. The molecule has 78 valence electrons. The van der Waals surface area contributed by atoms with Crippen molar-refractivity contribution in [1.29, 1.82) is 0 Å². The fourth-order valence-corrected chi connectivity index (χ4v) is 1.40. The molecule has 0 aliphatic rings. The van der Waals surface area contributed by atoms with Crippen molar-refractivity contribution in [2.75, 3.05) is 0 Å². The highest BCUT2D eigenvalue weighted by atomic mass is 35.5. The summed E-state index contributed by atoms with van der Waals surface area (Å²) < 4.78 is 0. The summed E-state index contributed by atoms with van der Waals surface area (Å²) in [6.07, 6.45) is -0.00440. The number of aromatic hydroxyl groups is 1. The minimum absolute atomic E-state index is 0.0219. The summed E-state index contributed by atoms with van der Waals surface area (Å²) in [5, 5.41) is 18.9. The summed E-state index contributed by atoms with van der Waals surface area (Å²) in [6.45, 7) is 1.85.